The van der Waals surface area contributed by atoms with Crippen LogP contribution in [-0.4, -0.2) is 0 Å². The van der Waals surface area contributed by atoms with Gasteiger partial charge < -0.3 is 4.74 Å². The van der Waals surface area contributed by atoms with Gasteiger partial charge in [-0.3, -0.25) is 0 Å². The fourth-order valence-electron chi connectivity index (χ4n) is 2.75. The van der Waals surface area contributed by atoms with Crippen molar-refractivity contribution in [3.05, 3.63) is 58.7 Å². The fraction of sp³-hybridized carbons (Fsp3) is 0.294. The van der Waals surface area contributed by atoms with Crippen molar-refractivity contribution in [3.63, 3.8) is 0 Å². The third kappa shape index (κ3) is 1.90. The van der Waals surface area contributed by atoms with Gasteiger partial charge in [-0.1, -0.05) is 30.3 Å². The summed E-state index contributed by atoms with van der Waals surface area (Å²) < 4.78 is 6.18. The molecule has 0 amide bonds. The van der Waals surface area contributed by atoms with Gasteiger partial charge >= 0.3 is 0 Å². The molecule has 0 unspecified atom stereocenters. The Labute approximate surface area is 108 Å². The summed E-state index contributed by atoms with van der Waals surface area (Å²) in [7, 11) is 0. The lowest BCUT2D eigenvalue weighted by Crippen LogP contribution is -1.94. The molecule has 0 saturated heterocycles. The largest absolute Gasteiger partial charge is 0.457 e. The van der Waals surface area contributed by atoms with Gasteiger partial charge in [-0.25, -0.2) is 0 Å². The molecule has 3 rings (SSSR count). The van der Waals surface area contributed by atoms with Crippen LogP contribution in [0.25, 0.3) is 0 Å². The number of benzene rings is 2. The molecule has 1 aliphatic carbocycles. The van der Waals surface area contributed by atoms with Crippen molar-refractivity contribution in [2.24, 2.45) is 0 Å². The predicted molar refractivity (Wildman–Crippen MR) is 74.5 cm³/mol. The van der Waals surface area contributed by atoms with Crippen molar-refractivity contribution < 1.29 is 4.74 Å². The highest BCUT2D eigenvalue weighted by Crippen LogP contribution is 2.35. The minimum Gasteiger partial charge on any atom is -0.457 e. The maximum Gasteiger partial charge on any atom is 0.133 e. The third-order valence-electron chi connectivity index (χ3n) is 3.72. The molecule has 0 heterocycles. The number of rotatable bonds is 2. The molecule has 92 valence electrons. The minimum absolute atomic E-state index is 1.01. The number of aryl methyl sites for hydroxylation is 3. The van der Waals surface area contributed by atoms with E-state index in [2.05, 4.69) is 50.2 Å². The van der Waals surface area contributed by atoms with E-state index < -0.39 is 0 Å². The molecule has 0 aliphatic heterocycles. The van der Waals surface area contributed by atoms with Crippen LogP contribution in [0.15, 0.2) is 36.4 Å². The number of hydrogen-bond acceptors (Lipinski definition) is 1. The molecular weight excluding hydrogens is 220 g/mol. The summed E-state index contributed by atoms with van der Waals surface area (Å²) in [4.78, 5) is 0. The second-order valence-electron chi connectivity index (χ2n) is 5.07. The number of hydrogen-bond donors (Lipinski definition) is 0. The first-order chi connectivity index (χ1) is 8.75. The summed E-state index contributed by atoms with van der Waals surface area (Å²) in [5.74, 6) is 2.06. The Hall–Kier alpha value is -1.76. The maximum atomic E-state index is 6.18. The van der Waals surface area contributed by atoms with E-state index in [1.54, 1.807) is 0 Å². The smallest absolute Gasteiger partial charge is 0.133 e. The van der Waals surface area contributed by atoms with Crippen LogP contribution in [0.4, 0.5) is 0 Å². The van der Waals surface area contributed by atoms with Crippen molar-refractivity contribution in [1.29, 1.82) is 0 Å². The molecule has 0 atom stereocenters. The summed E-state index contributed by atoms with van der Waals surface area (Å²) in [6, 6.07) is 12.7. The monoisotopic (exact) mass is 238 g/mol. The quantitative estimate of drug-likeness (QED) is 0.743. The molecule has 0 fully saturated rings. The van der Waals surface area contributed by atoms with Gasteiger partial charge in [0.15, 0.2) is 0 Å². The van der Waals surface area contributed by atoms with Gasteiger partial charge in [0.25, 0.3) is 0 Å². The first kappa shape index (κ1) is 11.3. The number of para-hydroxylation sites is 1. The highest BCUT2D eigenvalue weighted by molar-refractivity contribution is 5.48. The molecule has 1 nitrogen and oxygen atoms in total. The Morgan fingerprint density at radius 2 is 1.61 bits per heavy atom. The van der Waals surface area contributed by atoms with Gasteiger partial charge in [0.05, 0.1) is 0 Å². The van der Waals surface area contributed by atoms with Crippen LogP contribution in [-0.2, 0) is 12.8 Å². The summed E-state index contributed by atoms with van der Waals surface area (Å²) in [5, 5.41) is 0. The first-order valence-electron chi connectivity index (χ1n) is 6.60. The van der Waals surface area contributed by atoms with Crippen molar-refractivity contribution in [2.45, 2.75) is 33.1 Å². The second kappa shape index (κ2) is 4.49. The van der Waals surface area contributed by atoms with E-state index in [0.717, 1.165) is 17.9 Å². The summed E-state index contributed by atoms with van der Waals surface area (Å²) in [6.45, 7) is 4.21. The van der Waals surface area contributed by atoms with Crippen LogP contribution in [0.1, 0.15) is 28.7 Å². The zero-order valence-corrected chi connectivity index (χ0v) is 11.0. The summed E-state index contributed by atoms with van der Waals surface area (Å²) >= 11 is 0. The zero-order chi connectivity index (χ0) is 12.5. The highest BCUT2D eigenvalue weighted by Gasteiger charge is 2.16. The Bertz CT molecular complexity index is 564. The lowest BCUT2D eigenvalue weighted by Gasteiger charge is -2.14. The molecule has 0 N–H and O–H groups in total. The Balaban J connectivity index is 2.01. The van der Waals surface area contributed by atoms with Gasteiger partial charge in [-0.2, -0.15) is 0 Å². The van der Waals surface area contributed by atoms with Gasteiger partial charge in [0, 0.05) is 0 Å². The van der Waals surface area contributed by atoms with Gasteiger partial charge in [0.2, 0.25) is 0 Å². The van der Waals surface area contributed by atoms with Crippen LogP contribution < -0.4 is 4.74 Å². The third-order valence-corrected chi connectivity index (χ3v) is 3.72. The average molecular weight is 238 g/mol. The van der Waals surface area contributed by atoms with Gasteiger partial charge in [0.1, 0.15) is 11.5 Å². The second-order valence-corrected chi connectivity index (χ2v) is 5.07. The molecule has 1 heteroatoms. The molecule has 0 spiro atoms. The SMILES string of the molecule is Cc1cccc(C)c1Oc1cccc2c1CCC2. The standard InChI is InChI=1S/C17H18O/c1-12-6-3-7-13(2)17(12)18-16-11-5-9-14-8-4-10-15(14)16/h3,5-7,9,11H,4,8,10H2,1-2H3. The van der Waals surface area contributed by atoms with E-state index in [1.807, 2.05) is 0 Å². The number of ether oxygens (including phenoxy) is 1. The number of fused-ring (bicyclic) bond motifs is 1. The van der Waals surface area contributed by atoms with Gasteiger partial charge in [-0.05, 0) is 61.4 Å². The highest BCUT2D eigenvalue weighted by atomic mass is 16.5. The average Bonchev–Trinajstić information content (AvgIpc) is 2.83. The van der Waals surface area contributed by atoms with Gasteiger partial charge in [-0.15, -0.1) is 0 Å². The van der Waals surface area contributed by atoms with E-state index in [4.69, 9.17) is 4.74 Å². The topological polar surface area (TPSA) is 9.23 Å². The van der Waals surface area contributed by atoms with Crippen LogP contribution in [0, 0.1) is 13.8 Å². The van der Waals surface area contributed by atoms with Crippen LogP contribution in [0.5, 0.6) is 11.5 Å². The van der Waals surface area contributed by atoms with Crippen molar-refractivity contribution in [3.8, 4) is 11.5 Å². The Kier molecular flexibility index (Phi) is 2.83. The normalized spacial score (nSPS) is 13.4. The summed E-state index contributed by atoms with van der Waals surface area (Å²) in [6.07, 6.45) is 3.60. The van der Waals surface area contributed by atoms with Crippen LogP contribution in [0.3, 0.4) is 0 Å². The Morgan fingerprint density at radius 1 is 0.889 bits per heavy atom. The zero-order valence-electron chi connectivity index (χ0n) is 11.0. The maximum absolute atomic E-state index is 6.18. The molecule has 0 radical (unpaired) electrons. The molecular formula is C17H18O. The van der Waals surface area contributed by atoms with E-state index in [9.17, 15) is 0 Å². The molecule has 0 saturated carbocycles. The van der Waals surface area contributed by atoms with Crippen molar-refractivity contribution in [2.75, 3.05) is 0 Å². The fourth-order valence-corrected chi connectivity index (χ4v) is 2.75. The van der Waals surface area contributed by atoms with Crippen LogP contribution >= 0.6 is 0 Å². The molecule has 18 heavy (non-hydrogen) atoms. The predicted octanol–water partition coefficient (Wildman–Crippen LogP) is 4.58. The van der Waals surface area contributed by atoms with Crippen LogP contribution in [0.2, 0.25) is 0 Å². The molecule has 0 bridgehead atoms. The van der Waals surface area contributed by atoms with E-state index in [0.29, 0.717) is 0 Å². The lowest BCUT2D eigenvalue weighted by molar-refractivity contribution is 0.470. The molecule has 1 aliphatic rings. The van der Waals surface area contributed by atoms with E-state index in [1.165, 1.54) is 35.1 Å². The van der Waals surface area contributed by atoms with Crippen molar-refractivity contribution >= 4 is 0 Å². The van der Waals surface area contributed by atoms with Crippen molar-refractivity contribution in [1.82, 2.24) is 0 Å². The molecule has 0 aromatic heterocycles. The molecule has 2 aromatic rings. The van der Waals surface area contributed by atoms with E-state index >= 15 is 0 Å². The minimum atomic E-state index is 1.01. The van der Waals surface area contributed by atoms with E-state index in [-0.39, 0.29) is 0 Å². The Morgan fingerprint density at radius 3 is 2.39 bits per heavy atom. The molecule has 2 aromatic carbocycles. The first-order valence-corrected chi connectivity index (χ1v) is 6.60. The summed E-state index contributed by atoms with van der Waals surface area (Å²) in [5.41, 5.74) is 5.26. The lowest BCUT2D eigenvalue weighted by atomic mass is 10.1.